The van der Waals surface area contributed by atoms with E-state index in [1.807, 2.05) is 12.1 Å². The minimum Gasteiger partial charge on any atom is -0.493 e. The maximum Gasteiger partial charge on any atom is 0.344 e. The molecular weight excluding hydrogens is 583 g/mol. The molecule has 1 N–H and O–H groups in total. The van der Waals surface area contributed by atoms with E-state index in [0.717, 1.165) is 21.9 Å². The second-order valence-corrected chi connectivity index (χ2v) is 13.2. The Balaban J connectivity index is 1.25. The number of thioether (sulfide) groups is 1. The molecule has 2 aliphatic carbocycles. The zero-order valence-corrected chi connectivity index (χ0v) is 24.3. The number of esters is 1. The van der Waals surface area contributed by atoms with Crippen LogP contribution in [0.3, 0.4) is 0 Å². The molecule has 2 amide bonds. The predicted molar refractivity (Wildman–Crippen MR) is 153 cm³/mol. The smallest absolute Gasteiger partial charge is 0.344 e. The number of anilines is 1. The number of halogens is 1. The number of fused-ring (bicyclic) bond motifs is 9. The van der Waals surface area contributed by atoms with Crippen molar-refractivity contribution in [2.75, 3.05) is 25.2 Å². The van der Waals surface area contributed by atoms with Crippen LogP contribution in [0.2, 0.25) is 0 Å². The number of methoxy groups -OCH3 is 1. The topological polar surface area (TPSA) is 115 Å². The first kappa shape index (κ1) is 27.2. The van der Waals surface area contributed by atoms with E-state index in [-0.39, 0.29) is 58.8 Å². The largest absolute Gasteiger partial charge is 0.493 e. The van der Waals surface area contributed by atoms with Crippen LogP contribution in [0, 0.1) is 35.4 Å². The summed E-state index contributed by atoms with van der Waals surface area (Å²) in [7, 11) is 1.52. The molecule has 0 spiro atoms. The molecule has 2 aliphatic heterocycles. The molecule has 0 unspecified atom stereocenters. The molecule has 9 nitrogen and oxygen atoms in total. The van der Waals surface area contributed by atoms with Gasteiger partial charge in [0.1, 0.15) is 5.82 Å². The summed E-state index contributed by atoms with van der Waals surface area (Å²) in [6.45, 7) is 1.72. The third kappa shape index (κ3) is 4.10. The Morgan fingerprint density at radius 1 is 1.05 bits per heavy atom. The van der Waals surface area contributed by atoms with E-state index in [9.17, 15) is 23.6 Å². The maximum atomic E-state index is 13.8. The Bertz CT molecular complexity index is 1650. The van der Waals surface area contributed by atoms with Crippen molar-refractivity contribution in [2.24, 2.45) is 29.6 Å². The van der Waals surface area contributed by atoms with E-state index >= 15 is 0 Å². The van der Waals surface area contributed by atoms with Crippen LogP contribution >= 0.6 is 23.1 Å². The molecule has 42 heavy (non-hydrogen) atoms. The average molecular weight is 611 g/mol. The monoisotopic (exact) mass is 610 g/mol. The van der Waals surface area contributed by atoms with Crippen LogP contribution < -0.4 is 19.2 Å². The van der Waals surface area contributed by atoms with Gasteiger partial charge in [-0.1, -0.05) is 17.4 Å². The first-order valence-electron chi connectivity index (χ1n) is 13.8. The number of ether oxygens (including phenoxy) is 3. The summed E-state index contributed by atoms with van der Waals surface area (Å²) < 4.78 is 29.9. The third-order valence-electron chi connectivity index (χ3n) is 9.01. The molecule has 218 valence electrons. The number of hydrogen-bond donors (Lipinski definition) is 1. The first-order valence-corrected chi connectivity index (χ1v) is 15.5. The van der Waals surface area contributed by atoms with Crippen molar-refractivity contribution in [3.63, 3.8) is 0 Å². The Kier molecular flexibility index (Phi) is 6.65. The van der Waals surface area contributed by atoms with Gasteiger partial charge in [0, 0.05) is 16.0 Å². The molecule has 2 saturated carbocycles. The Hall–Kier alpha value is -3.64. The number of aromatic amines is 1. The number of nitrogens with one attached hydrogen (secondary N) is 1. The van der Waals surface area contributed by atoms with Crippen LogP contribution in [0.5, 0.6) is 11.5 Å². The molecule has 7 rings (SSSR count). The normalized spacial score (nSPS) is 28.8. The number of hydrogen-bond acceptors (Lipinski definition) is 9. The zero-order valence-electron chi connectivity index (χ0n) is 22.7. The lowest BCUT2D eigenvalue weighted by molar-refractivity contribution is -0.145. The van der Waals surface area contributed by atoms with Crippen LogP contribution in [0.15, 0.2) is 52.3 Å². The second-order valence-electron chi connectivity index (χ2n) is 11.0. The number of nitrogens with zero attached hydrogens (tertiary/aromatic N) is 1. The highest BCUT2D eigenvalue weighted by Crippen LogP contribution is 2.68. The summed E-state index contributed by atoms with van der Waals surface area (Å²) in [4.78, 5) is 56.9. The summed E-state index contributed by atoms with van der Waals surface area (Å²) in [6, 6.07) is 11.0. The van der Waals surface area contributed by atoms with Crippen LogP contribution in [-0.4, -0.2) is 48.3 Å². The summed E-state index contributed by atoms with van der Waals surface area (Å²) in [5.41, 5.74) is 1.29. The van der Waals surface area contributed by atoms with Crippen molar-refractivity contribution >= 4 is 46.6 Å². The van der Waals surface area contributed by atoms with Crippen molar-refractivity contribution in [1.29, 1.82) is 0 Å². The molecular formula is C30H27FN2O7S2. The first-order chi connectivity index (χ1) is 20.3. The molecule has 3 heterocycles. The van der Waals surface area contributed by atoms with E-state index in [4.69, 9.17) is 14.2 Å². The van der Waals surface area contributed by atoms with Gasteiger partial charge in [-0.05, 0) is 73.1 Å². The van der Waals surface area contributed by atoms with Gasteiger partial charge >= 0.3 is 10.8 Å². The van der Waals surface area contributed by atoms with E-state index in [1.54, 1.807) is 24.8 Å². The van der Waals surface area contributed by atoms with Gasteiger partial charge in [-0.2, -0.15) is 0 Å². The third-order valence-corrected chi connectivity index (χ3v) is 11.6. The molecule has 4 aliphatic rings. The lowest BCUT2D eigenvalue weighted by Gasteiger charge is -2.43. The van der Waals surface area contributed by atoms with Gasteiger partial charge in [-0.25, -0.2) is 9.18 Å². The van der Waals surface area contributed by atoms with Crippen molar-refractivity contribution < 1.29 is 33.0 Å². The minimum atomic E-state index is -0.487. The summed E-state index contributed by atoms with van der Waals surface area (Å²) >= 11 is 2.78. The highest BCUT2D eigenvalue weighted by atomic mass is 32.2. The number of carbonyl (C=O) groups is 3. The number of benzene rings is 2. The van der Waals surface area contributed by atoms with Crippen molar-refractivity contribution in [2.45, 2.75) is 29.5 Å². The van der Waals surface area contributed by atoms with Gasteiger partial charge in [0.25, 0.3) is 0 Å². The predicted octanol–water partition coefficient (Wildman–Crippen LogP) is 4.20. The van der Waals surface area contributed by atoms with Gasteiger partial charge in [0.05, 0.1) is 36.3 Å². The van der Waals surface area contributed by atoms with Gasteiger partial charge in [-0.15, -0.1) is 11.8 Å². The fourth-order valence-electron chi connectivity index (χ4n) is 7.57. The van der Waals surface area contributed by atoms with Crippen molar-refractivity contribution in [3.8, 4) is 11.5 Å². The summed E-state index contributed by atoms with van der Waals surface area (Å²) in [6.07, 6.45) is 0.750. The van der Waals surface area contributed by atoms with Gasteiger partial charge in [-0.3, -0.25) is 19.3 Å². The van der Waals surface area contributed by atoms with E-state index in [0.29, 0.717) is 17.2 Å². The summed E-state index contributed by atoms with van der Waals surface area (Å²) in [5.74, 6) is -1.78. The van der Waals surface area contributed by atoms with Crippen LogP contribution in [0.25, 0.3) is 0 Å². The number of H-pyrrole nitrogens is 1. The Morgan fingerprint density at radius 2 is 1.79 bits per heavy atom. The molecule has 3 aromatic rings. The standard InChI is InChI=1S/C30H27FN2O7S2/c1-3-39-20(34)12-40-18-9-4-13(10-19(18)38-2)21-22-16-11-17(25(22)41-27-26(21)42-30(37)32-27)24-23(16)28(35)33(29(24)36)15-7-5-14(31)6-8-15/h4-10,16-17,21-25H,3,11-12H2,1-2H3,(H,32,37)/t16-,17-,21+,22-,23+,24+,25-/m1/s1. The maximum absolute atomic E-state index is 13.8. The van der Waals surface area contributed by atoms with Crippen LogP contribution in [0.1, 0.15) is 29.7 Å². The number of amides is 2. The van der Waals surface area contributed by atoms with Crippen LogP contribution in [-0.2, 0) is 19.1 Å². The van der Waals surface area contributed by atoms with Crippen molar-refractivity contribution in [3.05, 3.63) is 68.4 Å². The molecule has 2 aromatic carbocycles. The van der Waals surface area contributed by atoms with E-state index < -0.39 is 23.6 Å². The van der Waals surface area contributed by atoms with E-state index in [2.05, 4.69) is 4.98 Å². The van der Waals surface area contributed by atoms with Crippen molar-refractivity contribution in [1.82, 2.24) is 4.98 Å². The molecule has 1 aromatic heterocycles. The average Bonchev–Trinajstić information content (AvgIpc) is 3.71. The fraction of sp³-hybridized carbons (Fsp3) is 0.400. The highest BCUT2D eigenvalue weighted by Gasteiger charge is 2.69. The zero-order chi connectivity index (χ0) is 29.3. The number of thiazole rings is 1. The molecule has 1 saturated heterocycles. The number of rotatable bonds is 7. The number of imide groups is 1. The van der Waals surface area contributed by atoms with E-state index in [1.165, 1.54) is 47.6 Å². The highest BCUT2D eigenvalue weighted by molar-refractivity contribution is 8.00. The molecule has 2 bridgehead atoms. The quantitative estimate of drug-likeness (QED) is 0.313. The molecule has 7 atom stereocenters. The SMILES string of the molecule is CCOC(=O)COc1ccc([C@@H]2c3sc(=O)[nH]c3S[C@@H]3[C@@H]4C[C@@H]([C@@H]5C(=O)N(c6ccc(F)cc6)C(=O)[C@@H]45)[C@H]23)cc1OC. The van der Waals surface area contributed by atoms with Gasteiger partial charge in [0.2, 0.25) is 11.8 Å². The number of carbonyl (C=O) groups excluding carboxylic acids is 3. The molecule has 0 radical (unpaired) electrons. The molecule has 3 fully saturated rings. The lowest BCUT2D eigenvalue weighted by Crippen LogP contribution is -2.42. The summed E-state index contributed by atoms with van der Waals surface area (Å²) in [5, 5.41) is 0.823. The Labute approximate surface area is 248 Å². The minimum absolute atomic E-state index is 0.00104. The van der Waals surface area contributed by atoms with Crippen LogP contribution in [0.4, 0.5) is 10.1 Å². The van der Waals surface area contributed by atoms with Gasteiger partial charge < -0.3 is 19.2 Å². The lowest BCUT2D eigenvalue weighted by atomic mass is 9.68. The Morgan fingerprint density at radius 3 is 2.50 bits per heavy atom. The number of aromatic nitrogens is 1. The van der Waals surface area contributed by atoms with Gasteiger partial charge in [0.15, 0.2) is 18.1 Å². The fourth-order valence-corrected chi connectivity index (χ4v) is 10.5. The molecule has 12 heteroatoms. The second kappa shape index (κ2) is 10.3.